The van der Waals surface area contributed by atoms with E-state index in [1.165, 1.54) is 5.57 Å². The van der Waals surface area contributed by atoms with E-state index in [2.05, 4.69) is 53.8 Å². The molecule has 0 aromatic carbocycles. The van der Waals surface area contributed by atoms with E-state index in [0.717, 1.165) is 32.3 Å². The summed E-state index contributed by atoms with van der Waals surface area (Å²) in [6.45, 7) is 21.4. The number of rotatable bonds is 2. The maximum Gasteiger partial charge on any atom is 0.192 e. The molecule has 3 rings (SSSR count). The Morgan fingerprint density at radius 3 is 2.35 bits per heavy atom. The molecule has 3 aliphatic rings. The van der Waals surface area contributed by atoms with Gasteiger partial charge in [-0.2, -0.15) is 0 Å². The van der Waals surface area contributed by atoms with Crippen LogP contribution in [0.15, 0.2) is 11.6 Å². The normalized spacial score (nSPS) is 40.4. The molecule has 0 spiro atoms. The van der Waals surface area contributed by atoms with Crippen LogP contribution in [0.5, 0.6) is 0 Å². The smallest absolute Gasteiger partial charge is 0.192 e. The first kappa shape index (κ1) is 20.6. The summed E-state index contributed by atoms with van der Waals surface area (Å²) < 4.78 is 19.5. The van der Waals surface area contributed by atoms with Crippen LogP contribution in [0.3, 0.4) is 0 Å². The Balaban J connectivity index is 1.90. The van der Waals surface area contributed by atoms with Crippen LogP contribution in [0.1, 0.15) is 74.1 Å². The van der Waals surface area contributed by atoms with Crippen LogP contribution in [0.25, 0.3) is 0 Å². The Labute approximate surface area is 162 Å². The molecule has 0 radical (unpaired) electrons. The van der Waals surface area contributed by atoms with E-state index in [0.29, 0.717) is 6.10 Å². The Morgan fingerprint density at radius 2 is 1.73 bits per heavy atom. The molecule has 150 valence electrons. The fourth-order valence-corrected chi connectivity index (χ4v) is 6.43. The first-order chi connectivity index (χ1) is 11.7. The quantitative estimate of drug-likeness (QED) is 0.431. The summed E-state index contributed by atoms with van der Waals surface area (Å²) in [6.07, 6.45) is 7.54. The van der Waals surface area contributed by atoms with Crippen LogP contribution < -0.4 is 0 Å². The van der Waals surface area contributed by atoms with E-state index >= 15 is 0 Å². The summed E-state index contributed by atoms with van der Waals surface area (Å²) in [5.41, 5.74) is 1.61. The molecule has 1 aliphatic heterocycles. The minimum Gasteiger partial charge on any atom is -0.413 e. The van der Waals surface area contributed by atoms with Crippen LogP contribution in [0, 0.1) is 10.8 Å². The maximum atomic E-state index is 7.00. The second-order valence-corrected chi connectivity index (χ2v) is 16.0. The summed E-state index contributed by atoms with van der Waals surface area (Å²) in [7, 11) is -1.80. The highest BCUT2D eigenvalue weighted by Gasteiger charge is 2.58. The van der Waals surface area contributed by atoms with Crippen molar-refractivity contribution >= 4 is 8.32 Å². The monoisotopic (exact) mass is 380 g/mol. The van der Waals surface area contributed by atoms with Crippen LogP contribution >= 0.6 is 0 Å². The van der Waals surface area contributed by atoms with Gasteiger partial charge in [0.15, 0.2) is 14.1 Å². The molecule has 4 atom stereocenters. The van der Waals surface area contributed by atoms with Gasteiger partial charge < -0.3 is 13.9 Å². The molecule has 1 saturated heterocycles. The number of ether oxygens (including phenoxy) is 2. The van der Waals surface area contributed by atoms with Gasteiger partial charge >= 0.3 is 0 Å². The molecule has 1 saturated carbocycles. The standard InChI is InChI=1S/C22H40O3Si/c1-19(2,3)26(8,9)25-18-12-10-11-16-21(18,6)14-13-17-22(16,7)15-23-20(4,5)24-17/h11,17-18H,10,12-15H2,1-9H3/t17-,18-,21-,22+/m1/s1. The van der Waals surface area contributed by atoms with E-state index in [-0.39, 0.29) is 22.0 Å². The summed E-state index contributed by atoms with van der Waals surface area (Å²) in [4.78, 5) is 0. The minimum atomic E-state index is -1.80. The molecule has 2 fully saturated rings. The number of fused-ring (bicyclic) bond motifs is 3. The fraction of sp³-hybridized carbons (Fsp3) is 0.909. The first-order valence-corrected chi connectivity index (χ1v) is 13.3. The summed E-state index contributed by atoms with van der Waals surface area (Å²) in [6, 6.07) is 0. The second-order valence-electron chi connectivity index (χ2n) is 11.2. The lowest BCUT2D eigenvalue weighted by Gasteiger charge is -2.60. The highest BCUT2D eigenvalue weighted by molar-refractivity contribution is 6.74. The van der Waals surface area contributed by atoms with Gasteiger partial charge in [-0.05, 0) is 57.7 Å². The van der Waals surface area contributed by atoms with Crippen molar-refractivity contribution in [2.75, 3.05) is 6.61 Å². The van der Waals surface area contributed by atoms with Crippen molar-refractivity contribution in [2.45, 2.75) is 110 Å². The molecule has 4 heteroatoms. The molecule has 0 bridgehead atoms. The first-order valence-electron chi connectivity index (χ1n) is 10.4. The van der Waals surface area contributed by atoms with Crippen molar-refractivity contribution in [3.63, 3.8) is 0 Å². The molecular formula is C22H40O3Si. The van der Waals surface area contributed by atoms with Crippen molar-refractivity contribution in [3.05, 3.63) is 11.6 Å². The maximum absolute atomic E-state index is 7.00. The average molecular weight is 381 g/mol. The Hall–Kier alpha value is -0.163. The van der Waals surface area contributed by atoms with Crippen LogP contribution in [-0.4, -0.2) is 32.9 Å². The summed E-state index contributed by atoms with van der Waals surface area (Å²) >= 11 is 0. The van der Waals surface area contributed by atoms with Crippen molar-refractivity contribution < 1.29 is 13.9 Å². The largest absolute Gasteiger partial charge is 0.413 e. The van der Waals surface area contributed by atoms with Gasteiger partial charge in [-0.25, -0.2) is 0 Å². The van der Waals surface area contributed by atoms with Gasteiger partial charge in [-0.15, -0.1) is 0 Å². The van der Waals surface area contributed by atoms with E-state index in [1.807, 2.05) is 13.8 Å². The SMILES string of the molecule is CC1(C)OC[C@@]2(C)C3=CCC[C@@H](O[Si](C)(C)C(C)(C)C)[C@]3(C)CC[C@H]2O1. The average Bonchev–Trinajstić information content (AvgIpc) is 2.48. The zero-order valence-electron chi connectivity index (χ0n) is 18.5. The highest BCUT2D eigenvalue weighted by Crippen LogP contribution is 2.59. The molecule has 26 heavy (non-hydrogen) atoms. The lowest BCUT2D eigenvalue weighted by molar-refractivity contribution is -0.318. The predicted molar refractivity (Wildman–Crippen MR) is 110 cm³/mol. The van der Waals surface area contributed by atoms with E-state index < -0.39 is 14.1 Å². The van der Waals surface area contributed by atoms with Gasteiger partial charge in [0.1, 0.15) is 0 Å². The van der Waals surface area contributed by atoms with Gasteiger partial charge in [0, 0.05) is 10.8 Å². The van der Waals surface area contributed by atoms with Crippen molar-refractivity contribution in [2.24, 2.45) is 10.8 Å². The summed E-state index contributed by atoms with van der Waals surface area (Å²) in [5, 5.41) is 0.243. The topological polar surface area (TPSA) is 27.7 Å². The van der Waals surface area contributed by atoms with Crippen molar-refractivity contribution in [3.8, 4) is 0 Å². The Morgan fingerprint density at radius 1 is 1.08 bits per heavy atom. The Kier molecular flexibility index (Phi) is 4.88. The van der Waals surface area contributed by atoms with Crippen molar-refractivity contribution in [1.29, 1.82) is 0 Å². The molecule has 1 heterocycles. The lowest BCUT2D eigenvalue weighted by Crippen LogP contribution is -2.61. The van der Waals surface area contributed by atoms with Gasteiger partial charge in [0.05, 0.1) is 18.8 Å². The van der Waals surface area contributed by atoms with Crippen LogP contribution in [0.4, 0.5) is 0 Å². The van der Waals surface area contributed by atoms with Crippen molar-refractivity contribution in [1.82, 2.24) is 0 Å². The zero-order valence-corrected chi connectivity index (χ0v) is 19.5. The number of hydrogen-bond donors (Lipinski definition) is 0. The molecule has 3 nitrogen and oxygen atoms in total. The third kappa shape index (κ3) is 3.25. The third-order valence-corrected chi connectivity index (χ3v) is 12.2. The molecule has 0 N–H and O–H groups in total. The predicted octanol–water partition coefficient (Wildman–Crippen LogP) is 6.05. The second kappa shape index (κ2) is 6.17. The van der Waals surface area contributed by atoms with Gasteiger partial charge in [0.25, 0.3) is 0 Å². The van der Waals surface area contributed by atoms with Crippen LogP contribution in [0.2, 0.25) is 18.1 Å². The Bertz CT molecular complexity index is 589. The van der Waals surface area contributed by atoms with Gasteiger partial charge in [-0.1, -0.05) is 46.3 Å². The van der Waals surface area contributed by atoms with Crippen LogP contribution in [-0.2, 0) is 13.9 Å². The minimum absolute atomic E-state index is 0.0298. The molecule has 0 aromatic heterocycles. The number of allylic oxidation sites excluding steroid dienone is 1. The summed E-state index contributed by atoms with van der Waals surface area (Å²) in [5.74, 6) is -0.468. The van der Waals surface area contributed by atoms with E-state index in [4.69, 9.17) is 13.9 Å². The lowest BCUT2D eigenvalue weighted by atomic mass is 9.54. The molecular weight excluding hydrogens is 340 g/mol. The third-order valence-electron chi connectivity index (χ3n) is 7.74. The molecule has 0 unspecified atom stereocenters. The number of hydrogen-bond acceptors (Lipinski definition) is 3. The fourth-order valence-electron chi connectivity index (χ4n) is 4.99. The highest BCUT2D eigenvalue weighted by atomic mass is 28.4. The zero-order chi connectivity index (χ0) is 19.6. The van der Waals surface area contributed by atoms with E-state index in [9.17, 15) is 0 Å². The molecule has 2 aliphatic carbocycles. The molecule has 0 aromatic rings. The van der Waals surface area contributed by atoms with Gasteiger partial charge in [0.2, 0.25) is 0 Å². The van der Waals surface area contributed by atoms with E-state index in [1.54, 1.807) is 0 Å². The van der Waals surface area contributed by atoms with Gasteiger partial charge in [-0.3, -0.25) is 0 Å². The molecule has 0 amide bonds.